The lowest BCUT2D eigenvalue weighted by molar-refractivity contribution is -0.143. The summed E-state index contributed by atoms with van der Waals surface area (Å²) in [4.78, 5) is 23.0. The molecule has 2 N–H and O–H groups in total. The number of nitrogens with one attached hydrogen (secondary N) is 1. The Morgan fingerprint density at radius 3 is 2.79 bits per heavy atom. The van der Waals surface area contributed by atoms with Crippen LogP contribution in [0.25, 0.3) is 0 Å². The molecule has 2 rings (SSSR count). The number of carbonyl (C=O) groups is 2. The molecule has 5 nitrogen and oxygen atoms in total. The maximum Gasteiger partial charge on any atom is 0.326 e. The van der Waals surface area contributed by atoms with Crippen LogP contribution in [0, 0.1) is 3.57 Å². The second-order valence-corrected chi connectivity index (χ2v) is 5.79. The summed E-state index contributed by atoms with van der Waals surface area (Å²) in [5, 5.41) is 12.5. The summed E-state index contributed by atoms with van der Waals surface area (Å²) in [6, 6.07) is 2.54. The molecular formula is C12H11ClINO4. The maximum absolute atomic E-state index is 11.9. The third kappa shape index (κ3) is 2.79. The van der Waals surface area contributed by atoms with Gasteiger partial charge in [-0.15, -0.1) is 0 Å². The minimum absolute atomic E-state index is 0.159. The van der Waals surface area contributed by atoms with Gasteiger partial charge in [-0.1, -0.05) is 11.6 Å². The predicted molar refractivity (Wildman–Crippen MR) is 78.6 cm³/mol. The van der Waals surface area contributed by atoms with Gasteiger partial charge in [-0.2, -0.15) is 0 Å². The molecule has 19 heavy (non-hydrogen) atoms. The third-order valence-electron chi connectivity index (χ3n) is 3.03. The number of esters is 1. The standard InChI is InChI=1S/C12H11ClINO4/c1-19-12(18)6-4-9(11(16)17)15-8-3-5(13)2-7(14)10(6)8/h2-3,6,9,15H,4H2,1H3,(H,16,17)/t6-,9+/m1/s1. The number of hydrogen-bond donors (Lipinski definition) is 2. The minimum Gasteiger partial charge on any atom is -0.480 e. The Bertz CT molecular complexity index is 549. The molecule has 0 radical (unpaired) electrons. The number of aliphatic carboxylic acids is 1. The number of benzene rings is 1. The molecule has 0 saturated carbocycles. The van der Waals surface area contributed by atoms with Crippen molar-refractivity contribution in [1.29, 1.82) is 0 Å². The number of rotatable bonds is 2. The van der Waals surface area contributed by atoms with Gasteiger partial charge in [0, 0.05) is 19.8 Å². The molecular weight excluding hydrogens is 384 g/mol. The van der Waals surface area contributed by atoms with Crippen LogP contribution >= 0.6 is 34.2 Å². The molecule has 0 saturated heterocycles. The monoisotopic (exact) mass is 395 g/mol. The van der Waals surface area contributed by atoms with Crippen molar-refractivity contribution in [2.24, 2.45) is 0 Å². The van der Waals surface area contributed by atoms with Gasteiger partial charge >= 0.3 is 11.9 Å². The summed E-state index contributed by atoms with van der Waals surface area (Å²) in [7, 11) is 1.29. The Kier molecular flexibility index (Phi) is 4.19. The van der Waals surface area contributed by atoms with Gasteiger partial charge in [0.25, 0.3) is 0 Å². The lowest BCUT2D eigenvalue weighted by Crippen LogP contribution is -2.38. The van der Waals surface area contributed by atoms with Crippen molar-refractivity contribution >= 4 is 51.8 Å². The zero-order chi connectivity index (χ0) is 14.2. The Morgan fingerprint density at radius 2 is 2.21 bits per heavy atom. The van der Waals surface area contributed by atoms with Gasteiger partial charge < -0.3 is 15.2 Å². The summed E-state index contributed by atoms with van der Waals surface area (Å²) in [6.07, 6.45) is 0.159. The van der Waals surface area contributed by atoms with E-state index in [0.29, 0.717) is 10.7 Å². The van der Waals surface area contributed by atoms with E-state index in [2.05, 4.69) is 27.9 Å². The number of carboxylic acids is 1. The van der Waals surface area contributed by atoms with E-state index in [1.54, 1.807) is 12.1 Å². The Hall–Kier alpha value is -1.02. The molecule has 0 fully saturated rings. The van der Waals surface area contributed by atoms with E-state index in [0.717, 1.165) is 9.13 Å². The highest BCUT2D eigenvalue weighted by atomic mass is 127. The van der Waals surface area contributed by atoms with Crippen molar-refractivity contribution in [3.05, 3.63) is 26.3 Å². The SMILES string of the molecule is COC(=O)[C@@H]1C[C@@H](C(=O)O)Nc2cc(Cl)cc(I)c21. The average Bonchev–Trinajstić information content (AvgIpc) is 2.35. The van der Waals surface area contributed by atoms with Gasteiger partial charge in [-0.05, 0) is 41.1 Å². The summed E-state index contributed by atoms with van der Waals surface area (Å²) >= 11 is 8.04. The molecule has 1 aromatic carbocycles. The van der Waals surface area contributed by atoms with Crippen LogP contribution in [-0.2, 0) is 14.3 Å². The highest BCUT2D eigenvalue weighted by Crippen LogP contribution is 2.39. The largest absolute Gasteiger partial charge is 0.480 e. The van der Waals surface area contributed by atoms with Crippen LogP contribution in [0.3, 0.4) is 0 Å². The highest BCUT2D eigenvalue weighted by Gasteiger charge is 2.36. The number of methoxy groups -OCH3 is 1. The first-order chi connectivity index (χ1) is 8.93. The van der Waals surface area contributed by atoms with Crippen molar-refractivity contribution in [2.45, 2.75) is 18.4 Å². The van der Waals surface area contributed by atoms with Gasteiger partial charge in [0.05, 0.1) is 13.0 Å². The highest BCUT2D eigenvalue weighted by molar-refractivity contribution is 14.1. The van der Waals surface area contributed by atoms with E-state index >= 15 is 0 Å². The lowest BCUT2D eigenvalue weighted by atomic mass is 9.87. The van der Waals surface area contributed by atoms with Crippen LogP contribution in [0.4, 0.5) is 5.69 Å². The molecule has 0 spiro atoms. The van der Waals surface area contributed by atoms with E-state index in [4.69, 9.17) is 21.4 Å². The molecule has 1 heterocycles. The molecule has 102 valence electrons. The van der Waals surface area contributed by atoms with Gasteiger partial charge in [-0.3, -0.25) is 4.79 Å². The molecule has 0 unspecified atom stereocenters. The van der Waals surface area contributed by atoms with E-state index in [1.165, 1.54) is 7.11 Å². The summed E-state index contributed by atoms with van der Waals surface area (Å²) < 4.78 is 5.58. The van der Waals surface area contributed by atoms with E-state index in [1.807, 2.05) is 0 Å². The van der Waals surface area contributed by atoms with Gasteiger partial charge in [0.1, 0.15) is 6.04 Å². The second-order valence-electron chi connectivity index (χ2n) is 4.20. The lowest BCUT2D eigenvalue weighted by Gasteiger charge is -2.30. The minimum atomic E-state index is -1.01. The van der Waals surface area contributed by atoms with Gasteiger partial charge in [0.15, 0.2) is 0 Å². The van der Waals surface area contributed by atoms with Crippen molar-refractivity contribution in [3.63, 3.8) is 0 Å². The zero-order valence-corrected chi connectivity index (χ0v) is 12.9. The number of fused-ring (bicyclic) bond motifs is 1. The number of anilines is 1. The molecule has 0 aliphatic carbocycles. The summed E-state index contributed by atoms with van der Waals surface area (Å²) in [6.45, 7) is 0. The van der Waals surface area contributed by atoms with Crippen molar-refractivity contribution in [2.75, 3.05) is 12.4 Å². The number of hydrogen-bond acceptors (Lipinski definition) is 4. The Labute approximate surface area is 128 Å². The average molecular weight is 396 g/mol. The molecule has 0 bridgehead atoms. The molecule has 0 amide bonds. The maximum atomic E-state index is 11.9. The Balaban J connectivity index is 2.53. The van der Waals surface area contributed by atoms with Crippen molar-refractivity contribution < 1.29 is 19.4 Å². The first-order valence-electron chi connectivity index (χ1n) is 5.50. The second kappa shape index (κ2) is 5.54. The summed E-state index contributed by atoms with van der Waals surface area (Å²) in [5.41, 5.74) is 1.32. The molecule has 1 aromatic rings. The van der Waals surface area contributed by atoms with Crippen LogP contribution in [0.5, 0.6) is 0 Å². The fraction of sp³-hybridized carbons (Fsp3) is 0.333. The van der Waals surface area contributed by atoms with Crippen molar-refractivity contribution in [3.8, 4) is 0 Å². The van der Waals surface area contributed by atoms with Crippen LogP contribution in [0.15, 0.2) is 12.1 Å². The Morgan fingerprint density at radius 1 is 1.53 bits per heavy atom. The quantitative estimate of drug-likeness (QED) is 0.594. The molecule has 0 aromatic heterocycles. The van der Waals surface area contributed by atoms with Crippen LogP contribution in [-0.4, -0.2) is 30.2 Å². The first kappa shape index (κ1) is 14.4. The summed E-state index contributed by atoms with van der Waals surface area (Å²) in [5.74, 6) is -2.03. The molecule has 1 aliphatic rings. The molecule has 2 atom stereocenters. The van der Waals surface area contributed by atoms with Gasteiger partial charge in [0.2, 0.25) is 0 Å². The molecule has 7 heteroatoms. The number of ether oxygens (including phenoxy) is 1. The topological polar surface area (TPSA) is 75.6 Å². The van der Waals surface area contributed by atoms with Crippen molar-refractivity contribution in [1.82, 2.24) is 0 Å². The van der Waals surface area contributed by atoms with Crippen LogP contribution in [0.2, 0.25) is 5.02 Å². The number of carboxylic acid groups (broad SMARTS) is 1. The fourth-order valence-electron chi connectivity index (χ4n) is 2.18. The van der Waals surface area contributed by atoms with E-state index in [-0.39, 0.29) is 6.42 Å². The van der Waals surface area contributed by atoms with E-state index in [9.17, 15) is 9.59 Å². The third-order valence-corrected chi connectivity index (χ3v) is 4.14. The number of carbonyl (C=O) groups excluding carboxylic acids is 1. The van der Waals surface area contributed by atoms with Crippen LogP contribution in [0.1, 0.15) is 17.9 Å². The van der Waals surface area contributed by atoms with E-state index < -0.39 is 23.9 Å². The predicted octanol–water partition coefficient (Wildman–Crippen LogP) is 2.47. The first-order valence-corrected chi connectivity index (χ1v) is 6.95. The number of halogens is 2. The molecule has 1 aliphatic heterocycles. The smallest absolute Gasteiger partial charge is 0.326 e. The normalized spacial score (nSPS) is 21.2. The van der Waals surface area contributed by atoms with Gasteiger partial charge in [-0.25, -0.2) is 4.79 Å². The van der Waals surface area contributed by atoms with Crippen LogP contribution < -0.4 is 5.32 Å². The zero-order valence-electron chi connectivity index (χ0n) is 9.94. The fourth-order valence-corrected chi connectivity index (χ4v) is 3.58.